The maximum absolute atomic E-state index is 9.67. The van der Waals surface area contributed by atoms with Crippen LogP contribution >= 0.6 is 15.9 Å². The van der Waals surface area contributed by atoms with Crippen LogP contribution in [-0.4, -0.2) is 11.9 Å². The van der Waals surface area contributed by atoms with Crippen LogP contribution in [0.5, 0.6) is 0 Å². The van der Waals surface area contributed by atoms with Gasteiger partial charge in [-0.15, -0.1) is 15.9 Å². The molecule has 0 unspecified atom stereocenters. The first-order chi connectivity index (χ1) is 5.44. The third-order valence-electron chi connectivity index (χ3n) is 1.75. The van der Waals surface area contributed by atoms with Crippen molar-refractivity contribution in [2.45, 2.75) is 36.4 Å². The average Bonchev–Trinajstić information content (AvgIpc) is 1.85. The second-order valence-electron chi connectivity index (χ2n) is 2.96. The van der Waals surface area contributed by atoms with E-state index in [0.29, 0.717) is 0 Å². The standard InChI is InChI=1S/C7H12Br.BF3.K/c1-7(8)5-3-2-4-6-7;2-1(3)4;/h1-6H2;;/q-1;;+1. The van der Waals surface area contributed by atoms with Gasteiger partial charge in [-0.05, 0) is 0 Å². The molecule has 0 atom stereocenters. The van der Waals surface area contributed by atoms with E-state index in [1.165, 1.54) is 32.1 Å². The SMILES string of the molecule is FB(F)F.[CH2-]C1(Br)CCCCC1.[K+]. The first kappa shape index (κ1) is 17.4. The molecule has 13 heavy (non-hydrogen) atoms. The largest absolute Gasteiger partial charge is 1.00 e. The number of halogens is 4. The van der Waals surface area contributed by atoms with E-state index in [2.05, 4.69) is 22.9 Å². The Balaban J connectivity index is 0. The van der Waals surface area contributed by atoms with E-state index in [-0.39, 0.29) is 55.7 Å². The Morgan fingerprint density at radius 3 is 1.54 bits per heavy atom. The average molecular weight is 283 g/mol. The van der Waals surface area contributed by atoms with Crippen molar-refractivity contribution in [3.8, 4) is 0 Å². The summed E-state index contributed by atoms with van der Waals surface area (Å²) in [6.07, 6.45) is 6.63. The van der Waals surface area contributed by atoms with Gasteiger partial charge in [-0.2, -0.15) is 0 Å². The quantitative estimate of drug-likeness (QED) is 0.350. The molecular weight excluding hydrogens is 271 g/mol. The van der Waals surface area contributed by atoms with Crippen molar-refractivity contribution in [1.82, 2.24) is 0 Å². The molecule has 0 bridgehead atoms. The Labute approximate surface area is 129 Å². The summed E-state index contributed by atoms with van der Waals surface area (Å²) in [6.45, 7) is 4.05. The summed E-state index contributed by atoms with van der Waals surface area (Å²) in [5.41, 5.74) is 0. The van der Waals surface area contributed by atoms with Gasteiger partial charge >= 0.3 is 58.9 Å². The number of rotatable bonds is 0. The normalized spacial score (nSPS) is 19.2. The zero-order valence-electron chi connectivity index (χ0n) is 7.83. The molecule has 1 fully saturated rings. The minimum Gasteiger partial charge on any atom is -0.327 e. The van der Waals surface area contributed by atoms with Crippen molar-refractivity contribution >= 4 is 23.5 Å². The third-order valence-corrected chi connectivity index (χ3v) is 2.54. The van der Waals surface area contributed by atoms with Crippen LogP contribution in [-0.2, 0) is 0 Å². The molecule has 0 aromatic heterocycles. The Hall–Kier alpha value is 1.97. The molecule has 1 rings (SSSR count). The number of alkyl halides is 1. The summed E-state index contributed by atoms with van der Waals surface area (Å²) in [5, 5.41) is 0. The predicted octanol–water partition coefficient (Wildman–Crippen LogP) is 0.802. The first-order valence-electron chi connectivity index (χ1n) is 3.90. The van der Waals surface area contributed by atoms with Gasteiger partial charge in [0.25, 0.3) is 0 Å². The molecule has 0 radical (unpaired) electrons. The third kappa shape index (κ3) is 14.0. The van der Waals surface area contributed by atoms with Gasteiger partial charge in [-0.25, -0.2) is 0 Å². The van der Waals surface area contributed by atoms with Crippen LogP contribution in [0.2, 0.25) is 0 Å². The van der Waals surface area contributed by atoms with Gasteiger partial charge < -0.3 is 6.92 Å². The van der Waals surface area contributed by atoms with Crippen molar-refractivity contribution in [3.63, 3.8) is 0 Å². The van der Waals surface area contributed by atoms with Crippen LogP contribution in [0, 0.1) is 6.92 Å². The zero-order valence-corrected chi connectivity index (χ0v) is 12.5. The van der Waals surface area contributed by atoms with Crippen LogP contribution < -0.4 is 51.4 Å². The Kier molecular flexibility index (Phi) is 12.3. The van der Waals surface area contributed by atoms with E-state index in [9.17, 15) is 12.9 Å². The zero-order chi connectivity index (χ0) is 9.61. The Morgan fingerprint density at radius 2 is 1.38 bits per heavy atom. The Morgan fingerprint density at radius 1 is 1.08 bits per heavy atom. The van der Waals surface area contributed by atoms with Gasteiger partial charge in [0.2, 0.25) is 0 Å². The minimum atomic E-state index is -3.67. The molecule has 1 saturated carbocycles. The molecule has 0 amide bonds. The van der Waals surface area contributed by atoms with E-state index in [1.807, 2.05) is 0 Å². The molecule has 0 N–H and O–H groups in total. The first-order valence-corrected chi connectivity index (χ1v) is 4.70. The topological polar surface area (TPSA) is 0 Å². The van der Waals surface area contributed by atoms with Gasteiger partial charge in [0, 0.05) is 0 Å². The summed E-state index contributed by atoms with van der Waals surface area (Å²) in [5.74, 6) is 0. The van der Waals surface area contributed by atoms with Gasteiger partial charge in [-0.3, -0.25) is 12.9 Å². The second-order valence-corrected chi connectivity index (χ2v) is 4.64. The van der Waals surface area contributed by atoms with Crippen LogP contribution in [0.1, 0.15) is 32.1 Å². The molecule has 0 nitrogen and oxygen atoms in total. The molecular formula is C7H12BBrF3K. The van der Waals surface area contributed by atoms with Crippen molar-refractivity contribution < 1.29 is 64.3 Å². The van der Waals surface area contributed by atoms with E-state index in [1.54, 1.807) is 0 Å². The summed E-state index contributed by atoms with van der Waals surface area (Å²) in [4.78, 5) is 0. The van der Waals surface area contributed by atoms with E-state index in [0.717, 1.165) is 0 Å². The summed E-state index contributed by atoms with van der Waals surface area (Å²) in [6, 6.07) is 0. The van der Waals surface area contributed by atoms with Gasteiger partial charge in [0.1, 0.15) is 0 Å². The molecule has 1 aliphatic rings. The second kappa shape index (κ2) is 9.22. The summed E-state index contributed by atoms with van der Waals surface area (Å²) >= 11 is 3.58. The van der Waals surface area contributed by atoms with Crippen molar-refractivity contribution in [2.24, 2.45) is 0 Å². The Bertz CT molecular complexity index is 114. The van der Waals surface area contributed by atoms with Crippen molar-refractivity contribution in [3.05, 3.63) is 6.92 Å². The summed E-state index contributed by atoms with van der Waals surface area (Å²) < 4.78 is 29.2. The van der Waals surface area contributed by atoms with Crippen LogP contribution in [0.15, 0.2) is 0 Å². The summed E-state index contributed by atoms with van der Waals surface area (Å²) in [7, 11) is -3.67. The molecule has 1 aliphatic carbocycles. The molecule has 0 aromatic rings. The molecule has 6 heteroatoms. The maximum atomic E-state index is 9.67. The van der Waals surface area contributed by atoms with Gasteiger partial charge in [0.05, 0.1) is 0 Å². The predicted molar refractivity (Wildman–Crippen MR) is 49.2 cm³/mol. The van der Waals surface area contributed by atoms with Crippen molar-refractivity contribution in [2.75, 3.05) is 0 Å². The molecule has 0 aromatic carbocycles. The van der Waals surface area contributed by atoms with Gasteiger partial charge in [0.15, 0.2) is 0 Å². The van der Waals surface area contributed by atoms with E-state index in [4.69, 9.17) is 0 Å². The maximum Gasteiger partial charge on any atom is 1.00 e. The van der Waals surface area contributed by atoms with Crippen LogP contribution in [0.25, 0.3) is 0 Å². The monoisotopic (exact) mass is 282 g/mol. The molecule has 0 aliphatic heterocycles. The number of hydrogen-bond acceptors (Lipinski definition) is 0. The molecule has 72 valence electrons. The molecule has 0 saturated heterocycles. The van der Waals surface area contributed by atoms with Gasteiger partial charge in [-0.1, -0.05) is 36.4 Å². The minimum absolute atomic E-state index is 0. The van der Waals surface area contributed by atoms with Crippen LogP contribution in [0.4, 0.5) is 12.9 Å². The molecule has 0 spiro atoms. The van der Waals surface area contributed by atoms with E-state index >= 15 is 0 Å². The number of hydrogen-bond donors (Lipinski definition) is 0. The fraction of sp³-hybridized carbons (Fsp3) is 0.857. The molecule has 0 heterocycles. The van der Waals surface area contributed by atoms with Crippen LogP contribution in [0.3, 0.4) is 0 Å². The fourth-order valence-electron chi connectivity index (χ4n) is 1.19. The smallest absolute Gasteiger partial charge is 0.327 e. The fourth-order valence-corrected chi connectivity index (χ4v) is 1.75. The van der Waals surface area contributed by atoms with Crippen molar-refractivity contribution in [1.29, 1.82) is 0 Å². The van der Waals surface area contributed by atoms with E-state index < -0.39 is 7.54 Å².